The number of benzene rings is 2. The summed E-state index contributed by atoms with van der Waals surface area (Å²) >= 11 is 0. The third kappa shape index (κ3) is 3.58. The van der Waals surface area contributed by atoms with Gasteiger partial charge < -0.3 is 15.0 Å². The molecule has 2 aromatic carbocycles. The maximum Gasteiger partial charge on any atom is 0.223 e. The monoisotopic (exact) mass is 362 g/mol. The first-order chi connectivity index (χ1) is 13.1. The summed E-state index contributed by atoms with van der Waals surface area (Å²) in [6, 6.07) is 15.5. The molecule has 0 fully saturated rings. The molecule has 2 aliphatic heterocycles. The van der Waals surface area contributed by atoms with Gasteiger partial charge in [0.25, 0.3) is 0 Å². The van der Waals surface area contributed by atoms with Crippen LogP contribution in [0.3, 0.4) is 0 Å². The molecule has 2 heterocycles. The van der Waals surface area contributed by atoms with Crippen molar-refractivity contribution in [1.82, 2.24) is 10.2 Å². The number of amides is 2. The van der Waals surface area contributed by atoms with Crippen LogP contribution in [-0.4, -0.2) is 29.4 Å². The Bertz CT molecular complexity index is 881. The normalized spacial score (nSPS) is 19.8. The van der Waals surface area contributed by atoms with Crippen molar-refractivity contribution in [2.75, 3.05) is 6.54 Å². The van der Waals surface area contributed by atoms with E-state index in [-0.39, 0.29) is 30.4 Å². The Balaban J connectivity index is 1.40. The lowest BCUT2D eigenvalue weighted by atomic mass is 9.93. The quantitative estimate of drug-likeness (QED) is 0.909. The topological polar surface area (TPSA) is 58.6 Å². The van der Waals surface area contributed by atoms with Crippen LogP contribution in [0.1, 0.15) is 36.1 Å². The molecule has 0 radical (unpaired) electrons. The van der Waals surface area contributed by atoms with Gasteiger partial charge in [-0.25, -0.2) is 0 Å². The second kappa shape index (κ2) is 7.27. The summed E-state index contributed by atoms with van der Waals surface area (Å²) in [4.78, 5) is 26.2. The zero-order chi connectivity index (χ0) is 18.8. The molecular weight excluding hydrogens is 340 g/mol. The summed E-state index contributed by atoms with van der Waals surface area (Å²) in [5.74, 6) is 0.731. The molecule has 27 heavy (non-hydrogen) atoms. The molecule has 1 N–H and O–H groups in total. The van der Waals surface area contributed by atoms with Crippen LogP contribution in [-0.2, 0) is 16.0 Å². The number of fused-ring (bicyclic) bond motifs is 2. The van der Waals surface area contributed by atoms with Gasteiger partial charge in [0.15, 0.2) is 0 Å². The number of carbonyl (C=O) groups is 2. The van der Waals surface area contributed by atoms with Crippen LogP contribution in [0.4, 0.5) is 0 Å². The summed E-state index contributed by atoms with van der Waals surface area (Å²) in [7, 11) is 0. The lowest BCUT2D eigenvalue weighted by Crippen LogP contribution is -2.38. The Hall–Kier alpha value is -3.08. The molecule has 2 aromatic rings. The number of para-hydroxylation sites is 1. The molecule has 4 rings (SSSR count). The Kier molecular flexibility index (Phi) is 4.67. The predicted octanol–water partition coefficient (Wildman–Crippen LogP) is 3.07. The summed E-state index contributed by atoms with van der Waals surface area (Å²) in [6.07, 6.45) is 4.65. The first-order valence-corrected chi connectivity index (χ1v) is 9.19. The lowest BCUT2D eigenvalue weighted by Gasteiger charge is -2.32. The van der Waals surface area contributed by atoms with Gasteiger partial charge in [-0.1, -0.05) is 42.5 Å². The SMILES string of the molecule is CC(=O)N1C=Cc2ccccc2C1CC(=O)NCC1Cc2ccccc2O1. The fraction of sp³-hybridized carbons (Fsp3) is 0.273. The average molecular weight is 362 g/mol. The van der Waals surface area contributed by atoms with Crippen molar-refractivity contribution in [3.63, 3.8) is 0 Å². The van der Waals surface area contributed by atoms with Crippen molar-refractivity contribution in [2.45, 2.75) is 31.9 Å². The van der Waals surface area contributed by atoms with Crippen molar-refractivity contribution < 1.29 is 14.3 Å². The van der Waals surface area contributed by atoms with E-state index < -0.39 is 0 Å². The highest BCUT2D eigenvalue weighted by Gasteiger charge is 2.29. The highest BCUT2D eigenvalue weighted by atomic mass is 16.5. The zero-order valence-corrected chi connectivity index (χ0v) is 15.2. The van der Waals surface area contributed by atoms with Gasteiger partial charge in [-0.2, -0.15) is 0 Å². The van der Waals surface area contributed by atoms with Gasteiger partial charge in [-0.15, -0.1) is 0 Å². The lowest BCUT2D eigenvalue weighted by molar-refractivity contribution is -0.130. The van der Waals surface area contributed by atoms with Crippen molar-refractivity contribution in [3.8, 4) is 5.75 Å². The number of ether oxygens (including phenoxy) is 1. The maximum absolute atomic E-state index is 12.6. The van der Waals surface area contributed by atoms with Crippen molar-refractivity contribution in [3.05, 3.63) is 71.4 Å². The van der Waals surface area contributed by atoms with E-state index in [9.17, 15) is 9.59 Å². The number of rotatable bonds is 4. The van der Waals surface area contributed by atoms with Crippen molar-refractivity contribution >= 4 is 17.9 Å². The van der Waals surface area contributed by atoms with Crippen LogP contribution in [0.15, 0.2) is 54.7 Å². The molecule has 0 spiro atoms. The van der Waals surface area contributed by atoms with Gasteiger partial charge in [0.05, 0.1) is 19.0 Å². The fourth-order valence-corrected chi connectivity index (χ4v) is 3.76. The van der Waals surface area contributed by atoms with Crippen LogP contribution in [0.2, 0.25) is 0 Å². The van der Waals surface area contributed by atoms with Crippen molar-refractivity contribution in [1.29, 1.82) is 0 Å². The number of nitrogens with zero attached hydrogens (tertiary/aromatic N) is 1. The van der Waals surface area contributed by atoms with Gasteiger partial charge >= 0.3 is 0 Å². The first-order valence-electron chi connectivity index (χ1n) is 9.19. The molecule has 2 unspecified atom stereocenters. The van der Waals surface area contributed by atoms with Gasteiger partial charge in [0.1, 0.15) is 11.9 Å². The number of nitrogens with one attached hydrogen (secondary N) is 1. The van der Waals surface area contributed by atoms with E-state index in [0.717, 1.165) is 23.3 Å². The molecule has 5 nitrogen and oxygen atoms in total. The molecule has 2 amide bonds. The van der Waals surface area contributed by atoms with Crippen LogP contribution in [0, 0.1) is 0 Å². The van der Waals surface area contributed by atoms with Gasteiger partial charge in [-0.05, 0) is 28.8 Å². The molecule has 2 aliphatic rings. The van der Waals surface area contributed by atoms with E-state index in [1.165, 1.54) is 12.5 Å². The van der Waals surface area contributed by atoms with E-state index in [2.05, 4.69) is 5.32 Å². The summed E-state index contributed by atoms with van der Waals surface area (Å²) in [5.41, 5.74) is 3.21. The third-order valence-electron chi connectivity index (χ3n) is 5.09. The molecule has 0 saturated heterocycles. The highest BCUT2D eigenvalue weighted by molar-refractivity contribution is 5.81. The minimum absolute atomic E-state index is 0.0474. The van der Waals surface area contributed by atoms with Gasteiger partial charge in [-0.3, -0.25) is 9.59 Å². The first kappa shape index (κ1) is 17.3. The largest absolute Gasteiger partial charge is 0.488 e. The van der Waals surface area contributed by atoms with Gasteiger partial charge in [0.2, 0.25) is 11.8 Å². The maximum atomic E-state index is 12.6. The predicted molar refractivity (Wildman–Crippen MR) is 103 cm³/mol. The van der Waals surface area contributed by atoms with E-state index in [4.69, 9.17) is 4.74 Å². The van der Waals surface area contributed by atoms with Crippen LogP contribution in [0.25, 0.3) is 6.08 Å². The van der Waals surface area contributed by atoms with E-state index in [1.54, 1.807) is 11.1 Å². The van der Waals surface area contributed by atoms with E-state index in [1.807, 2.05) is 54.6 Å². The second-order valence-corrected chi connectivity index (χ2v) is 6.95. The summed E-state index contributed by atoms with van der Waals surface area (Å²) < 4.78 is 5.87. The van der Waals surface area contributed by atoms with E-state index in [0.29, 0.717) is 6.54 Å². The Morgan fingerprint density at radius 3 is 2.74 bits per heavy atom. The molecule has 138 valence electrons. The number of carbonyl (C=O) groups excluding carboxylic acids is 2. The number of hydrogen-bond acceptors (Lipinski definition) is 3. The average Bonchev–Trinajstić information content (AvgIpc) is 3.09. The Morgan fingerprint density at radius 2 is 1.93 bits per heavy atom. The van der Waals surface area contributed by atoms with Crippen LogP contribution >= 0.6 is 0 Å². The fourth-order valence-electron chi connectivity index (χ4n) is 3.76. The zero-order valence-electron chi connectivity index (χ0n) is 15.2. The molecule has 0 aromatic heterocycles. The third-order valence-corrected chi connectivity index (χ3v) is 5.09. The van der Waals surface area contributed by atoms with Crippen LogP contribution < -0.4 is 10.1 Å². The summed E-state index contributed by atoms with van der Waals surface area (Å²) in [5, 5.41) is 2.97. The Labute approximate surface area is 158 Å². The molecular formula is C22H22N2O3. The van der Waals surface area contributed by atoms with Gasteiger partial charge in [0, 0.05) is 19.5 Å². The minimum atomic E-state index is -0.287. The minimum Gasteiger partial charge on any atom is -0.488 e. The summed E-state index contributed by atoms with van der Waals surface area (Å²) in [6.45, 7) is 1.98. The highest BCUT2D eigenvalue weighted by Crippen LogP contribution is 2.33. The standard InChI is InChI=1S/C22H22N2O3/c1-15(25)24-11-10-16-6-2-4-8-19(16)20(24)13-22(26)23-14-18-12-17-7-3-5-9-21(17)27-18/h2-11,18,20H,12-14H2,1H3,(H,23,26). The molecule has 0 aliphatic carbocycles. The van der Waals surface area contributed by atoms with E-state index >= 15 is 0 Å². The van der Waals surface area contributed by atoms with Crippen LogP contribution in [0.5, 0.6) is 5.75 Å². The Morgan fingerprint density at radius 1 is 1.15 bits per heavy atom. The smallest absolute Gasteiger partial charge is 0.223 e. The van der Waals surface area contributed by atoms with Crippen molar-refractivity contribution in [2.24, 2.45) is 0 Å². The molecule has 0 bridgehead atoms. The second-order valence-electron chi connectivity index (χ2n) is 6.95. The molecule has 2 atom stereocenters. The number of hydrogen-bond donors (Lipinski definition) is 1. The molecule has 0 saturated carbocycles. The molecule has 5 heteroatoms.